The van der Waals surface area contributed by atoms with Gasteiger partial charge >= 0.3 is 0 Å². The summed E-state index contributed by atoms with van der Waals surface area (Å²) in [4.78, 5) is 11.0. The summed E-state index contributed by atoms with van der Waals surface area (Å²) in [6, 6.07) is 3.24. The molecule has 17 heavy (non-hydrogen) atoms. The van der Waals surface area contributed by atoms with Crippen molar-refractivity contribution in [2.75, 3.05) is 13.2 Å². The maximum Gasteiger partial charge on any atom is 0.171 e. The maximum absolute atomic E-state index is 11.0. The van der Waals surface area contributed by atoms with E-state index in [1.54, 1.807) is 12.1 Å². The summed E-state index contributed by atoms with van der Waals surface area (Å²) in [5.41, 5.74) is 0.418. The van der Waals surface area contributed by atoms with Crippen LogP contribution in [0.1, 0.15) is 31.1 Å². The van der Waals surface area contributed by atoms with E-state index in [0.717, 1.165) is 6.29 Å². The second kappa shape index (κ2) is 6.50. The van der Waals surface area contributed by atoms with E-state index in [1.807, 2.05) is 20.8 Å². The molecule has 0 aliphatic rings. The highest BCUT2D eigenvalue weighted by Gasteiger charge is 2.13. The SMILES string of the molecule is CCOc1cc(Cl)cc(C=O)c1OCC(C)C. The van der Waals surface area contributed by atoms with Crippen LogP contribution in [-0.4, -0.2) is 19.5 Å². The van der Waals surface area contributed by atoms with E-state index in [9.17, 15) is 4.79 Å². The lowest BCUT2D eigenvalue weighted by Gasteiger charge is -2.15. The van der Waals surface area contributed by atoms with Crippen LogP contribution < -0.4 is 9.47 Å². The van der Waals surface area contributed by atoms with Gasteiger partial charge in [0.1, 0.15) is 0 Å². The predicted octanol–water partition coefficient (Wildman–Crippen LogP) is 3.59. The van der Waals surface area contributed by atoms with Crippen molar-refractivity contribution in [2.45, 2.75) is 20.8 Å². The quantitative estimate of drug-likeness (QED) is 0.730. The number of carbonyl (C=O) groups is 1. The number of rotatable bonds is 6. The number of halogens is 1. The Bertz CT molecular complexity index is 388. The monoisotopic (exact) mass is 256 g/mol. The molecule has 0 radical (unpaired) electrons. The molecule has 0 fully saturated rings. The average Bonchev–Trinajstić information content (AvgIpc) is 2.27. The van der Waals surface area contributed by atoms with Crippen LogP contribution in [0.5, 0.6) is 11.5 Å². The van der Waals surface area contributed by atoms with Gasteiger partial charge in [-0.15, -0.1) is 0 Å². The topological polar surface area (TPSA) is 35.5 Å². The Balaban J connectivity index is 3.07. The minimum atomic E-state index is 0.375. The van der Waals surface area contributed by atoms with Crippen molar-refractivity contribution in [3.8, 4) is 11.5 Å². The van der Waals surface area contributed by atoms with Crippen molar-refractivity contribution in [1.29, 1.82) is 0 Å². The van der Waals surface area contributed by atoms with Gasteiger partial charge in [-0.3, -0.25) is 4.79 Å². The van der Waals surface area contributed by atoms with Crippen LogP contribution in [0, 0.1) is 5.92 Å². The zero-order valence-corrected chi connectivity index (χ0v) is 11.1. The standard InChI is InChI=1S/C13H17ClO3/c1-4-16-12-6-11(14)5-10(7-15)13(12)17-8-9(2)3/h5-7,9H,4,8H2,1-3H3. The largest absolute Gasteiger partial charge is 0.490 e. The highest BCUT2D eigenvalue weighted by atomic mass is 35.5. The summed E-state index contributed by atoms with van der Waals surface area (Å²) in [6.07, 6.45) is 0.726. The molecule has 0 aromatic heterocycles. The van der Waals surface area contributed by atoms with Crippen molar-refractivity contribution in [2.24, 2.45) is 5.92 Å². The molecule has 3 nitrogen and oxygen atoms in total. The highest BCUT2D eigenvalue weighted by molar-refractivity contribution is 6.31. The maximum atomic E-state index is 11.0. The number of carbonyl (C=O) groups excluding carboxylic acids is 1. The second-order valence-corrected chi connectivity index (χ2v) is 4.51. The van der Waals surface area contributed by atoms with E-state index in [0.29, 0.717) is 41.2 Å². The number of hydrogen-bond acceptors (Lipinski definition) is 3. The van der Waals surface area contributed by atoms with Crippen LogP contribution in [0.3, 0.4) is 0 Å². The van der Waals surface area contributed by atoms with E-state index in [-0.39, 0.29) is 0 Å². The fraction of sp³-hybridized carbons (Fsp3) is 0.462. The van der Waals surface area contributed by atoms with E-state index in [2.05, 4.69) is 0 Å². The zero-order valence-electron chi connectivity index (χ0n) is 10.3. The number of ether oxygens (including phenoxy) is 2. The number of hydrogen-bond donors (Lipinski definition) is 0. The average molecular weight is 257 g/mol. The molecule has 0 spiro atoms. The summed E-state index contributed by atoms with van der Waals surface area (Å²) in [7, 11) is 0. The first-order valence-electron chi connectivity index (χ1n) is 5.62. The molecule has 0 atom stereocenters. The van der Waals surface area contributed by atoms with Crippen LogP contribution in [-0.2, 0) is 0 Å². The van der Waals surface area contributed by atoms with Crippen LogP contribution in [0.4, 0.5) is 0 Å². The Hall–Kier alpha value is -1.22. The lowest BCUT2D eigenvalue weighted by Crippen LogP contribution is -2.08. The molecule has 0 aliphatic carbocycles. The van der Waals surface area contributed by atoms with Crippen LogP contribution in [0.15, 0.2) is 12.1 Å². The molecule has 1 aromatic rings. The Morgan fingerprint density at radius 2 is 2.06 bits per heavy atom. The van der Waals surface area contributed by atoms with Gasteiger partial charge in [0.25, 0.3) is 0 Å². The summed E-state index contributed by atoms with van der Waals surface area (Å²) >= 11 is 5.90. The summed E-state index contributed by atoms with van der Waals surface area (Å²) in [5, 5.41) is 0.465. The van der Waals surface area contributed by atoms with Gasteiger partial charge in [-0.2, -0.15) is 0 Å². The zero-order chi connectivity index (χ0) is 12.8. The smallest absolute Gasteiger partial charge is 0.171 e. The summed E-state index contributed by atoms with van der Waals surface area (Å²) in [5.74, 6) is 1.36. The van der Waals surface area contributed by atoms with Crippen molar-refractivity contribution in [1.82, 2.24) is 0 Å². The molecule has 4 heteroatoms. The third-order valence-corrected chi connectivity index (χ3v) is 2.25. The van der Waals surface area contributed by atoms with Gasteiger partial charge in [-0.1, -0.05) is 25.4 Å². The molecule has 0 bridgehead atoms. The van der Waals surface area contributed by atoms with E-state index in [4.69, 9.17) is 21.1 Å². The van der Waals surface area contributed by atoms with Gasteiger partial charge in [0, 0.05) is 11.1 Å². The number of aldehydes is 1. The first-order valence-corrected chi connectivity index (χ1v) is 6.00. The Labute approximate surface area is 107 Å². The second-order valence-electron chi connectivity index (χ2n) is 4.08. The van der Waals surface area contributed by atoms with Gasteiger partial charge in [0.05, 0.1) is 18.8 Å². The Morgan fingerprint density at radius 3 is 2.59 bits per heavy atom. The first-order chi connectivity index (χ1) is 8.08. The minimum Gasteiger partial charge on any atom is -0.490 e. The molecular formula is C13H17ClO3. The lowest BCUT2D eigenvalue weighted by atomic mass is 10.2. The Kier molecular flexibility index (Phi) is 5.29. The lowest BCUT2D eigenvalue weighted by molar-refractivity contribution is 0.111. The minimum absolute atomic E-state index is 0.375. The molecule has 0 unspecified atom stereocenters. The normalized spacial score (nSPS) is 10.4. The molecular weight excluding hydrogens is 240 g/mol. The molecule has 94 valence electrons. The van der Waals surface area contributed by atoms with Crippen molar-refractivity contribution < 1.29 is 14.3 Å². The van der Waals surface area contributed by atoms with Crippen LogP contribution >= 0.6 is 11.6 Å². The third kappa shape index (κ3) is 3.93. The van der Waals surface area contributed by atoms with E-state index >= 15 is 0 Å². The molecule has 0 heterocycles. The van der Waals surface area contributed by atoms with Crippen molar-refractivity contribution >= 4 is 17.9 Å². The van der Waals surface area contributed by atoms with Gasteiger partial charge in [0.2, 0.25) is 0 Å². The summed E-state index contributed by atoms with van der Waals surface area (Å²) in [6.45, 7) is 6.97. The van der Waals surface area contributed by atoms with E-state index < -0.39 is 0 Å². The molecule has 0 saturated carbocycles. The third-order valence-electron chi connectivity index (χ3n) is 2.04. The Morgan fingerprint density at radius 1 is 1.35 bits per heavy atom. The number of benzene rings is 1. The predicted molar refractivity (Wildman–Crippen MR) is 68.3 cm³/mol. The molecule has 1 rings (SSSR count). The first kappa shape index (κ1) is 13.8. The molecule has 0 saturated heterocycles. The fourth-order valence-corrected chi connectivity index (χ4v) is 1.56. The highest BCUT2D eigenvalue weighted by Crippen LogP contribution is 2.34. The molecule has 1 aromatic carbocycles. The molecule has 0 aliphatic heterocycles. The van der Waals surface area contributed by atoms with Crippen LogP contribution in [0.2, 0.25) is 5.02 Å². The summed E-state index contributed by atoms with van der Waals surface area (Å²) < 4.78 is 11.0. The fourth-order valence-electron chi connectivity index (χ4n) is 1.34. The molecule has 0 N–H and O–H groups in total. The van der Waals surface area contributed by atoms with Gasteiger partial charge in [-0.25, -0.2) is 0 Å². The van der Waals surface area contributed by atoms with Gasteiger partial charge in [-0.05, 0) is 18.9 Å². The van der Waals surface area contributed by atoms with Gasteiger partial charge in [0.15, 0.2) is 17.8 Å². The van der Waals surface area contributed by atoms with Crippen molar-refractivity contribution in [3.05, 3.63) is 22.7 Å². The molecule has 0 amide bonds. The van der Waals surface area contributed by atoms with Crippen molar-refractivity contribution in [3.63, 3.8) is 0 Å². The van der Waals surface area contributed by atoms with E-state index in [1.165, 1.54) is 0 Å². The van der Waals surface area contributed by atoms with Crippen LogP contribution in [0.25, 0.3) is 0 Å². The van der Waals surface area contributed by atoms with Gasteiger partial charge < -0.3 is 9.47 Å².